The van der Waals surface area contributed by atoms with Crippen LogP contribution in [0.25, 0.3) is 0 Å². The molecule has 0 aliphatic carbocycles. The summed E-state index contributed by atoms with van der Waals surface area (Å²) in [4.78, 5) is 4.32. The first kappa shape index (κ1) is 14.2. The van der Waals surface area contributed by atoms with Gasteiger partial charge in [-0.1, -0.05) is 11.2 Å². The normalized spacial score (nSPS) is 14.3. The molecule has 112 valence electrons. The number of aromatic nitrogens is 2. The fourth-order valence-electron chi connectivity index (χ4n) is 2.26. The fraction of sp³-hybridized carbons (Fsp3) is 0.385. The number of hydrogen-bond acceptors (Lipinski definition) is 6. The van der Waals surface area contributed by atoms with Crippen LogP contribution in [-0.4, -0.2) is 25.1 Å². The Bertz CT molecular complexity index is 755. The first-order valence-electron chi connectivity index (χ1n) is 6.66. The van der Waals surface area contributed by atoms with E-state index in [4.69, 9.17) is 4.52 Å². The molecule has 2 heterocycles. The largest absolute Gasteiger partial charge is 0.340 e. The number of nitrogens with one attached hydrogen (secondary N) is 2. The van der Waals surface area contributed by atoms with E-state index in [-0.39, 0.29) is 11.4 Å². The van der Waals surface area contributed by atoms with Gasteiger partial charge in [-0.25, -0.2) is 13.1 Å². The van der Waals surface area contributed by atoms with Gasteiger partial charge in [0.1, 0.15) is 0 Å². The minimum Gasteiger partial charge on any atom is -0.340 e. The molecule has 0 bridgehead atoms. The molecule has 0 unspecified atom stereocenters. The molecule has 3 rings (SSSR count). The molecule has 21 heavy (non-hydrogen) atoms. The molecule has 0 fully saturated rings. The SMILES string of the molecule is Cc1nc(CCNS(=O)(=O)c2ccc3c(c2)CNC3)no1. The molecule has 0 amide bonds. The highest BCUT2D eigenvalue weighted by molar-refractivity contribution is 7.89. The molecule has 2 aromatic rings. The number of fused-ring (bicyclic) bond motifs is 1. The molecule has 1 aromatic carbocycles. The van der Waals surface area contributed by atoms with Crippen molar-refractivity contribution < 1.29 is 12.9 Å². The molecular weight excluding hydrogens is 292 g/mol. The van der Waals surface area contributed by atoms with E-state index in [0.29, 0.717) is 24.7 Å². The van der Waals surface area contributed by atoms with E-state index in [0.717, 1.165) is 17.7 Å². The molecule has 0 atom stereocenters. The Morgan fingerprint density at radius 1 is 1.33 bits per heavy atom. The molecule has 0 saturated carbocycles. The first-order valence-corrected chi connectivity index (χ1v) is 8.14. The number of aryl methyl sites for hydroxylation is 1. The minimum atomic E-state index is -3.51. The van der Waals surface area contributed by atoms with Crippen molar-refractivity contribution in [1.82, 2.24) is 20.2 Å². The third-order valence-electron chi connectivity index (χ3n) is 3.33. The maximum absolute atomic E-state index is 12.2. The molecule has 0 saturated heterocycles. The molecule has 0 radical (unpaired) electrons. The highest BCUT2D eigenvalue weighted by atomic mass is 32.2. The Morgan fingerprint density at radius 2 is 2.14 bits per heavy atom. The molecule has 1 aromatic heterocycles. The smallest absolute Gasteiger partial charge is 0.240 e. The van der Waals surface area contributed by atoms with Gasteiger partial charge in [0, 0.05) is 33.0 Å². The zero-order valence-electron chi connectivity index (χ0n) is 11.6. The number of nitrogens with zero attached hydrogens (tertiary/aromatic N) is 2. The average Bonchev–Trinajstić information content (AvgIpc) is 3.06. The lowest BCUT2D eigenvalue weighted by molar-refractivity contribution is 0.387. The van der Waals surface area contributed by atoms with Crippen LogP contribution in [0.1, 0.15) is 22.8 Å². The summed E-state index contributed by atoms with van der Waals surface area (Å²) >= 11 is 0. The van der Waals surface area contributed by atoms with Crippen LogP contribution in [0.5, 0.6) is 0 Å². The van der Waals surface area contributed by atoms with E-state index >= 15 is 0 Å². The quantitative estimate of drug-likeness (QED) is 0.835. The van der Waals surface area contributed by atoms with Crippen molar-refractivity contribution in [1.29, 1.82) is 0 Å². The predicted molar refractivity (Wildman–Crippen MR) is 74.9 cm³/mol. The van der Waals surface area contributed by atoms with Crippen LogP contribution in [0.3, 0.4) is 0 Å². The van der Waals surface area contributed by atoms with E-state index in [1.54, 1.807) is 19.1 Å². The highest BCUT2D eigenvalue weighted by Gasteiger charge is 2.18. The van der Waals surface area contributed by atoms with Crippen LogP contribution in [0.2, 0.25) is 0 Å². The summed E-state index contributed by atoms with van der Waals surface area (Å²) < 4.78 is 31.9. The van der Waals surface area contributed by atoms with E-state index in [1.807, 2.05) is 6.07 Å². The van der Waals surface area contributed by atoms with E-state index in [1.165, 1.54) is 0 Å². The predicted octanol–water partition coefficient (Wildman–Crippen LogP) is 0.502. The van der Waals surface area contributed by atoms with Crippen LogP contribution in [0.4, 0.5) is 0 Å². The van der Waals surface area contributed by atoms with Crippen molar-refractivity contribution in [2.24, 2.45) is 0 Å². The maximum atomic E-state index is 12.2. The Morgan fingerprint density at radius 3 is 2.90 bits per heavy atom. The van der Waals surface area contributed by atoms with Gasteiger partial charge in [-0.15, -0.1) is 0 Å². The van der Waals surface area contributed by atoms with Gasteiger partial charge in [-0.2, -0.15) is 4.98 Å². The van der Waals surface area contributed by atoms with Gasteiger partial charge in [0.15, 0.2) is 5.82 Å². The maximum Gasteiger partial charge on any atom is 0.240 e. The molecule has 1 aliphatic rings. The van der Waals surface area contributed by atoms with Crippen LogP contribution < -0.4 is 10.0 Å². The van der Waals surface area contributed by atoms with Crippen molar-refractivity contribution >= 4 is 10.0 Å². The lowest BCUT2D eigenvalue weighted by Crippen LogP contribution is -2.26. The molecule has 7 nitrogen and oxygen atoms in total. The van der Waals surface area contributed by atoms with Crippen LogP contribution in [-0.2, 0) is 29.5 Å². The molecule has 2 N–H and O–H groups in total. The third kappa shape index (κ3) is 3.12. The van der Waals surface area contributed by atoms with Gasteiger partial charge in [0.2, 0.25) is 15.9 Å². The van der Waals surface area contributed by atoms with Crippen molar-refractivity contribution in [3.8, 4) is 0 Å². The number of benzene rings is 1. The van der Waals surface area contributed by atoms with Gasteiger partial charge in [-0.3, -0.25) is 0 Å². The van der Waals surface area contributed by atoms with E-state index < -0.39 is 10.0 Å². The zero-order valence-corrected chi connectivity index (χ0v) is 12.4. The Balaban J connectivity index is 1.66. The second kappa shape index (κ2) is 5.55. The summed E-state index contributed by atoms with van der Waals surface area (Å²) in [5.74, 6) is 0.965. The zero-order chi connectivity index (χ0) is 14.9. The monoisotopic (exact) mass is 308 g/mol. The molecule has 1 aliphatic heterocycles. The number of hydrogen-bond donors (Lipinski definition) is 2. The van der Waals surface area contributed by atoms with Gasteiger partial charge in [0.05, 0.1) is 4.90 Å². The first-order chi connectivity index (χ1) is 10.0. The topological polar surface area (TPSA) is 97.1 Å². The number of rotatable bonds is 5. The highest BCUT2D eigenvalue weighted by Crippen LogP contribution is 2.19. The summed E-state index contributed by atoms with van der Waals surface area (Å²) in [5, 5.41) is 6.92. The lowest BCUT2D eigenvalue weighted by Gasteiger charge is -2.07. The van der Waals surface area contributed by atoms with Gasteiger partial charge in [-0.05, 0) is 23.3 Å². The molecular formula is C13H16N4O3S. The Labute approximate surface area is 122 Å². The van der Waals surface area contributed by atoms with Crippen LogP contribution >= 0.6 is 0 Å². The van der Waals surface area contributed by atoms with Crippen molar-refractivity contribution in [3.05, 3.63) is 41.0 Å². The third-order valence-corrected chi connectivity index (χ3v) is 4.79. The van der Waals surface area contributed by atoms with Crippen molar-refractivity contribution in [3.63, 3.8) is 0 Å². The minimum absolute atomic E-state index is 0.233. The van der Waals surface area contributed by atoms with Crippen molar-refractivity contribution in [2.45, 2.75) is 31.3 Å². The van der Waals surface area contributed by atoms with E-state index in [2.05, 4.69) is 20.2 Å². The van der Waals surface area contributed by atoms with Gasteiger partial charge < -0.3 is 9.84 Å². The second-order valence-electron chi connectivity index (χ2n) is 4.91. The summed E-state index contributed by atoms with van der Waals surface area (Å²) in [6.07, 6.45) is 0.392. The Hall–Kier alpha value is -1.77. The number of sulfonamides is 1. The summed E-state index contributed by atoms with van der Waals surface area (Å²) in [5.41, 5.74) is 2.18. The summed E-state index contributed by atoms with van der Waals surface area (Å²) in [6, 6.07) is 5.20. The van der Waals surface area contributed by atoms with Crippen LogP contribution in [0.15, 0.2) is 27.6 Å². The second-order valence-corrected chi connectivity index (χ2v) is 6.68. The average molecular weight is 308 g/mol. The summed E-state index contributed by atoms with van der Waals surface area (Å²) in [6.45, 7) is 3.43. The van der Waals surface area contributed by atoms with E-state index in [9.17, 15) is 8.42 Å². The van der Waals surface area contributed by atoms with Crippen LogP contribution in [0, 0.1) is 6.92 Å². The van der Waals surface area contributed by atoms with Gasteiger partial charge in [0.25, 0.3) is 0 Å². The molecule has 8 heteroatoms. The van der Waals surface area contributed by atoms with Crippen molar-refractivity contribution in [2.75, 3.05) is 6.54 Å². The summed E-state index contributed by atoms with van der Waals surface area (Å²) in [7, 11) is -3.51. The Kier molecular flexibility index (Phi) is 3.75. The molecule has 0 spiro atoms. The fourth-order valence-corrected chi connectivity index (χ4v) is 3.34. The lowest BCUT2D eigenvalue weighted by atomic mass is 10.1. The standard InChI is InChI=1S/C13H16N4O3S/c1-9-16-13(17-20-9)4-5-15-21(18,19)12-3-2-10-7-14-8-11(10)6-12/h2-3,6,14-15H,4-5,7-8H2,1H3. The van der Waals surface area contributed by atoms with Gasteiger partial charge >= 0.3 is 0 Å².